The molecule has 1 aliphatic heterocycles. The smallest absolute Gasteiger partial charge is 0.338 e. The number of ketones is 1. The lowest BCUT2D eigenvalue weighted by atomic mass is 9.94. The number of halogens is 1. The number of esters is 1. The molecule has 4 aromatic rings. The maximum atomic E-state index is 13.9. The van der Waals surface area contributed by atoms with Gasteiger partial charge < -0.3 is 23.7 Å². The molecule has 0 saturated heterocycles. The molecule has 0 aliphatic carbocycles. The van der Waals surface area contributed by atoms with Crippen molar-refractivity contribution >= 4 is 45.9 Å². The van der Waals surface area contributed by atoms with Crippen molar-refractivity contribution in [2.45, 2.75) is 13.0 Å². The molecule has 204 valence electrons. The number of hydrogen-bond acceptors (Lipinski definition) is 8. The van der Waals surface area contributed by atoms with Gasteiger partial charge in [0, 0.05) is 22.2 Å². The third kappa shape index (κ3) is 4.65. The van der Waals surface area contributed by atoms with E-state index in [4.69, 9.17) is 30.2 Å². The molecular weight excluding hydrogens is 538 g/mol. The SMILES string of the molecule is CCOC(=O)c1cccc(N2C(=O)C(O)=C(C(=O)c3cc4cc(Cl)cc(OC)c4o3)C2c2ccc(OC)cc2)c1. The number of benzene rings is 3. The quantitative estimate of drug-likeness (QED) is 0.204. The third-order valence-corrected chi connectivity index (χ3v) is 6.73. The number of methoxy groups -OCH3 is 2. The summed E-state index contributed by atoms with van der Waals surface area (Å²) >= 11 is 6.18. The Morgan fingerprint density at radius 3 is 2.45 bits per heavy atom. The van der Waals surface area contributed by atoms with Crippen LogP contribution in [-0.4, -0.2) is 43.6 Å². The molecule has 9 nitrogen and oxygen atoms in total. The van der Waals surface area contributed by atoms with Gasteiger partial charge in [0.1, 0.15) is 5.75 Å². The molecule has 1 aromatic heterocycles. The first-order chi connectivity index (χ1) is 19.3. The number of aliphatic hydroxyl groups excluding tert-OH is 1. The highest BCUT2D eigenvalue weighted by molar-refractivity contribution is 6.31. The fourth-order valence-electron chi connectivity index (χ4n) is 4.68. The van der Waals surface area contributed by atoms with Crippen LogP contribution < -0.4 is 14.4 Å². The van der Waals surface area contributed by atoms with E-state index in [1.54, 1.807) is 61.5 Å². The van der Waals surface area contributed by atoms with Crippen molar-refractivity contribution in [3.63, 3.8) is 0 Å². The lowest BCUT2D eigenvalue weighted by molar-refractivity contribution is -0.117. The summed E-state index contributed by atoms with van der Waals surface area (Å²) in [5, 5.41) is 12.0. The Hall–Kier alpha value is -4.76. The monoisotopic (exact) mass is 561 g/mol. The van der Waals surface area contributed by atoms with E-state index in [-0.39, 0.29) is 29.2 Å². The maximum absolute atomic E-state index is 13.9. The third-order valence-electron chi connectivity index (χ3n) is 6.51. The molecule has 1 N–H and O–H groups in total. The summed E-state index contributed by atoms with van der Waals surface area (Å²) in [5.41, 5.74) is 1.10. The van der Waals surface area contributed by atoms with Crippen LogP contribution in [0.4, 0.5) is 5.69 Å². The van der Waals surface area contributed by atoms with Crippen molar-refractivity contribution in [3.05, 3.63) is 100.0 Å². The minimum atomic E-state index is -1.05. The molecule has 1 aliphatic rings. The molecule has 10 heteroatoms. The van der Waals surface area contributed by atoms with E-state index in [9.17, 15) is 19.5 Å². The van der Waals surface area contributed by atoms with Gasteiger partial charge >= 0.3 is 5.97 Å². The van der Waals surface area contributed by atoms with Crippen LogP contribution in [0.15, 0.2) is 82.5 Å². The van der Waals surface area contributed by atoms with E-state index in [1.165, 1.54) is 31.3 Å². The average molecular weight is 562 g/mol. The van der Waals surface area contributed by atoms with Gasteiger partial charge in [-0.25, -0.2) is 4.79 Å². The minimum Gasteiger partial charge on any atom is -0.503 e. The Morgan fingerprint density at radius 1 is 1.02 bits per heavy atom. The van der Waals surface area contributed by atoms with Crippen molar-refractivity contribution in [2.75, 3.05) is 25.7 Å². The lowest BCUT2D eigenvalue weighted by Gasteiger charge is -2.27. The highest BCUT2D eigenvalue weighted by Crippen LogP contribution is 2.43. The predicted octanol–water partition coefficient (Wildman–Crippen LogP) is 6.06. The number of aliphatic hydroxyl groups is 1. The van der Waals surface area contributed by atoms with E-state index < -0.39 is 29.5 Å². The number of rotatable bonds is 8. The number of fused-ring (bicyclic) bond motifs is 1. The van der Waals surface area contributed by atoms with Crippen molar-refractivity contribution < 1.29 is 38.1 Å². The van der Waals surface area contributed by atoms with Gasteiger partial charge in [0.25, 0.3) is 5.91 Å². The van der Waals surface area contributed by atoms with E-state index in [0.717, 1.165) is 0 Å². The second kappa shape index (κ2) is 10.8. The molecule has 0 fully saturated rings. The van der Waals surface area contributed by atoms with Gasteiger partial charge in [-0.1, -0.05) is 29.8 Å². The van der Waals surface area contributed by atoms with Gasteiger partial charge in [-0.3, -0.25) is 14.5 Å². The molecule has 2 heterocycles. The van der Waals surface area contributed by atoms with Crippen molar-refractivity contribution in [1.29, 1.82) is 0 Å². The largest absolute Gasteiger partial charge is 0.503 e. The zero-order valence-electron chi connectivity index (χ0n) is 21.8. The van der Waals surface area contributed by atoms with Gasteiger partial charge in [-0.05, 0) is 55.0 Å². The molecule has 5 rings (SSSR count). The Bertz CT molecular complexity index is 1670. The van der Waals surface area contributed by atoms with Crippen molar-refractivity contribution in [1.82, 2.24) is 0 Å². The molecule has 40 heavy (non-hydrogen) atoms. The summed E-state index contributed by atoms with van der Waals surface area (Å²) in [6.45, 7) is 1.86. The lowest BCUT2D eigenvalue weighted by Crippen LogP contribution is -2.31. The highest BCUT2D eigenvalue weighted by atomic mass is 35.5. The Morgan fingerprint density at radius 2 is 1.77 bits per heavy atom. The molecule has 3 aromatic carbocycles. The zero-order chi connectivity index (χ0) is 28.6. The fourth-order valence-corrected chi connectivity index (χ4v) is 4.90. The second-order valence-corrected chi connectivity index (χ2v) is 9.29. The standard InChI is InChI=1S/C30H24ClNO8/c1-4-39-30(36)17-6-5-7-20(13-17)32-25(16-8-10-21(37-2)11-9-16)24(27(34)29(32)35)26(33)22-14-18-12-19(31)15-23(38-3)28(18)40-22/h5-15,25,34H,4H2,1-3H3. The van der Waals surface area contributed by atoms with Crippen LogP contribution >= 0.6 is 11.6 Å². The van der Waals surface area contributed by atoms with Gasteiger partial charge in [0.15, 0.2) is 22.9 Å². The fraction of sp³-hybridized carbons (Fsp3) is 0.167. The number of amides is 1. The predicted molar refractivity (Wildman–Crippen MR) is 147 cm³/mol. The summed E-state index contributed by atoms with van der Waals surface area (Å²) in [5.74, 6) is -2.06. The minimum absolute atomic E-state index is 0.120. The van der Waals surface area contributed by atoms with Gasteiger partial charge in [0.2, 0.25) is 5.78 Å². The average Bonchev–Trinajstić information content (AvgIpc) is 3.51. The summed E-state index contributed by atoms with van der Waals surface area (Å²) in [6.07, 6.45) is 0. The normalized spacial score (nSPS) is 15.1. The van der Waals surface area contributed by atoms with Crippen LogP contribution in [0.5, 0.6) is 11.5 Å². The van der Waals surface area contributed by atoms with E-state index in [2.05, 4.69) is 0 Å². The number of Topliss-reactive ketones (excluding diaryl/α,β-unsaturated/α-hetero) is 1. The van der Waals surface area contributed by atoms with Gasteiger partial charge in [0.05, 0.1) is 38.0 Å². The van der Waals surface area contributed by atoms with Crippen LogP contribution in [0.3, 0.4) is 0 Å². The van der Waals surface area contributed by atoms with Crippen molar-refractivity contribution in [2.24, 2.45) is 0 Å². The maximum Gasteiger partial charge on any atom is 0.338 e. The molecule has 1 amide bonds. The van der Waals surface area contributed by atoms with E-state index in [1.807, 2.05) is 0 Å². The van der Waals surface area contributed by atoms with Crippen LogP contribution in [0.25, 0.3) is 11.0 Å². The van der Waals surface area contributed by atoms with Gasteiger partial charge in [-0.15, -0.1) is 0 Å². The summed E-state index contributed by atoms with van der Waals surface area (Å²) in [4.78, 5) is 41.1. The Kier molecular flexibility index (Phi) is 7.23. The van der Waals surface area contributed by atoms with Crippen LogP contribution in [0.2, 0.25) is 5.02 Å². The summed E-state index contributed by atoms with van der Waals surface area (Å²) < 4.78 is 21.6. The van der Waals surface area contributed by atoms with Gasteiger partial charge in [-0.2, -0.15) is 0 Å². The molecule has 0 saturated carbocycles. The summed E-state index contributed by atoms with van der Waals surface area (Å²) in [6, 6.07) is 16.5. The Labute approximate surface area is 234 Å². The first kappa shape index (κ1) is 26.8. The first-order valence-corrected chi connectivity index (χ1v) is 12.6. The topological polar surface area (TPSA) is 116 Å². The number of anilines is 1. The highest BCUT2D eigenvalue weighted by Gasteiger charge is 2.45. The number of furan rings is 1. The molecular formula is C30H24ClNO8. The summed E-state index contributed by atoms with van der Waals surface area (Å²) in [7, 11) is 2.96. The van der Waals surface area contributed by atoms with Crippen LogP contribution in [0, 0.1) is 0 Å². The van der Waals surface area contributed by atoms with E-state index in [0.29, 0.717) is 33.1 Å². The van der Waals surface area contributed by atoms with E-state index >= 15 is 0 Å². The molecule has 0 radical (unpaired) electrons. The molecule has 1 unspecified atom stereocenters. The first-order valence-electron chi connectivity index (χ1n) is 12.3. The number of ether oxygens (including phenoxy) is 3. The zero-order valence-corrected chi connectivity index (χ0v) is 22.5. The van der Waals surface area contributed by atoms with Crippen LogP contribution in [-0.2, 0) is 9.53 Å². The number of hydrogen-bond donors (Lipinski definition) is 1. The number of nitrogens with zero attached hydrogens (tertiary/aromatic N) is 1. The second-order valence-electron chi connectivity index (χ2n) is 8.85. The van der Waals surface area contributed by atoms with Crippen molar-refractivity contribution in [3.8, 4) is 11.5 Å². The van der Waals surface area contributed by atoms with Crippen LogP contribution in [0.1, 0.15) is 39.4 Å². The molecule has 0 bridgehead atoms. The number of carbonyl (C=O) groups excluding carboxylic acids is 3. The molecule has 1 atom stereocenters. The Balaban J connectivity index is 1.64. The molecule has 0 spiro atoms. The number of carbonyl (C=O) groups is 3.